The molecule has 0 heterocycles. The molecule has 1 N–H and O–H groups in total. The predicted octanol–water partition coefficient (Wildman–Crippen LogP) is 3.95. The van der Waals surface area contributed by atoms with Crippen LogP contribution in [0, 0.1) is 20.2 Å². The Morgan fingerprint density at radius 3 is 2.21 bits per heavy atom. The maximum absolute atomic E-state index is 13.0. The number of amides is 1. The van der Waals surface area contributed by atoms with Gasteiger partial charge in [-0.05, 0) is 25.3 Å². The van der Waals surface area contributed by atoms with Crippen LogP contribution in [0.15, 0.2) is 60.7 Å². The van der Waals surface area contributed by atoms with E-state index in [1.165, 1.54) is 4.90 Å². The van der Waals surface area contributed by atoms with E-state index in [2.05, 4.69) is 0 Å². The fourth-order valence-corrected chi connectivity index (χ4v) is 3.41. The Morgan fingerprint density at radius 2 is 1.61 bits per heavy atom. The van der Waals surface area contributed by atoms with Crippen LogP contribution in [0.2, 0.25) is 0 Å². The van der Waals surface area contributed by atoms with Crippen molar-refractivity contribution in [3.8, 4) is 5.75 Å². The molecule has 0 aliphatic rings. The van der Waals surface area contributed by atoms with Gasteiger partial charge in [-0.2, -0.15) is 0 Å². The van der Waals surface area contributed by atoms with Gasteiger partial charge in [0.25, 0.3) is 17.3 Å². The lowest BCUT2D eigenvalue weighted by atomic mass is 10.1. The molecule has 0 saturated heterocycles. The fourth-order valence-electron chi connectivity index (χ4n) is 3.41. The summed E-state index contributed by atoms with van der Waals surface area (Å²) in [4.78, 5) is 35.0. The molecule has 0 spiro atoms. The molecule has 33 heavy (non-hydrogen) atoms. The summed E-state index contributed by atoms with van der Waals surface area (Å²) in [5.74, 6) is -0.0788. The maximum Gasteiger partial charge on any atom is 0.277 e. The Morgan fingerprint density at radius 1 is 1.00 bits per heavy atom. The lowest BCUT2D eigenvalue weighted by Crippen LogP contribution is -2.43. The molecule has 3 rings (SSSR count). The van der Waals surface area contributed by atoms with Crippen LogP contribution in [0.25, 0.3) is 10.8 Å². The standard InChI is InChI=1S/C23H23N3O7/c1-15(2)24(23(28)17-10-18(25(29)30)12-19(11-17)26(31)32)13-20(27)14-33-22-9-5-7-16-6-3-4-8-21(16)22/h3-12,15,20,27H,13-14H2,1-2H3/t20-/m0/s1. The Balaban J connectivity index is 1.77. The second-order valence-electron chi connectivity index (χ2n) is 7.75. The van der Waals surface area contributed by atoms with Crippen LogP contribution < -0.4 is 4.74 Å². The number of benzene rings is 3. The van der Waals surface area contributed by atoms with Crippen molar-refractivity contribution < 1.29 is 24.5 Å². The summed E-state index contributed by atoms with van der Waals surface area (Å²) in [6, 6.07) is 15.6. The SMILES string of the molecule is CC(C)N(C[C@H](O)COc1cccc2ccccc12)C(=O)c1cc([N+](=O)[O-])cc([N+](=O)[O-])c1. The first-order valence-corrected chi connectivity index (χ1v) is 10.2. The molecule has 1 atom stereocenters. The second kappa shape index (κ2) is 10.0. The number of non-ortho nitro benzene ring substituents is 2. The van der Waals surface area contributed by atoms with Gasteiger partial charge < -0.3 is 14.7 Å². The molecule has 0 aliphatic heterocycles. The van der Waals surface area contributed by atoms with Crippen molar-refractivity contribution in [1.29, 1.82) is 0 Å². The number of aliphatic hydroxyl groups excluding tert-OH is 1. The Hall–Kier alpha value is -4.05. The first-order chi connectivity index (χ1) is 15.7. The second-order valence-corrected chi connectivity index (χ2v) is 7.75. The number of nitro groups is 2. The molecule has 0 aromatic heterocycles. The molecule has 172 valence electrons. The van der Waals surface area contributed by atoms with Crippen molar-refractivity contribution in [2.45, 2.75) is 26.0 Å². The monoisotopic (exact) mass is 453 g/mol. The Labute approximate surface area is 189 Å². The van der Waals surface area contributed by atoms with Crippen molar-refractivity contribution in [3.05, 3.63) is 86.5 Å². The zero-order chi connectivity index (χ0) is 24.1. The van der Waals surface area contributed by atoms with Gasteiger partial charge in [-0.3, -0.25) is 25.0 Å². The van der Waals surface area contributed by atoms with Crippen LogP contribution in [0.5, 0.6) is 5.75 Å². The van der Waals surface area contributed by atoms with E-state index in [0.29, 0.717) is 5.75 Å². The number of fused-ring (bicyclic) bond motifs is 1. The molecule has 0 bridgehead atoms. The normalized spacial score (nSPS) is 11.9. The summed E-state index contributed by atoms with van der Waals surface area (Å²) >= 11 is 0. The van der Waals surface area contributed by atoms with E-state index in [4.69, 9.17) is 4.74 Å². The van der Waals surface area contributed by atoms with Crippen molar-refractivity contribution in [2.24, 2.45) is 0 Å². The van der Waals surface area contributed by atoms with E-state index < -0.39 is 33.2 Å². The van der Waals surface area contributed by atoms with Crippen LogP contribution >= 0.6 is 0 Å². The van der Waals surface area contributed by atoms with Crippen molar-refractivity contribution in [2.75, 3.05) is 13.2 Å². The van der Waals surface area contributed by atoms with Gasteiger partial charge in [-0.25, -0.2) is 0 Å². The Kier molecular flexibility index (Phi) is 7.19. The van der Waals surface area contributed by atoms with E-state index in [-0.39, 0.29) is 24.8 Å². The van der Waals surface area contributed by atoms with E-state index in [1.54, 1.807) is 19.9 Å². The number of nitrogens with zero attached hydrogens (tertiary/aromatic N) is 3. The highest BCUT2D eigenvalue weighted by Gasteiger charge is 2.26. The molecule has 0 radical (unpaired) electrons. The topological polar surface area (TPSA) is 136 Å². The quantitative estimate of drug-likeness (QED) is 0.383. The van der Waals surface area contributed by atoms with Crippen LogP contribution in [0.1, 0.15) is 24.2 Å². The highest BCUT2D eigenvalue weighted by molar-refractivity contribution is 5.96. The van der Waals surface area contributed by atoms with Gasteiger partial charge in [-0.15, -0.1) is 0 Å². The summed E-state index contributed by atoms with van der Waals surface area (Å²) in [6.45, 7) is 3.20. The molecule has 0 fully saturated rings. The number of hydrogen-bond acceptors (Lipinski definition) is 7. The van der Waals surface area contributed by atoms with Crippen molar-refractivity contribution in [3.63, 3.8) is 0 Å². The largest absolute Gasteiger partial charge is 0.490 e. The minimum atomic E-state index is -1.07. The number of carbonyl (C=O) groups is 1. The van der Waals surface area contributed by atoms with Gasteiger partial charge in [-0.1, -0.05) is 36.4 Å². The highest BCUT2D eigenvalue weighted by Crippen LogP contribution is 2.26. The molecule has 0 unspecified atom stereocenters. The first-order valence-electron chi connectivity index (χ1n) is 10.2. The summed E-state index contributed by atoms with van der Waals surface area (Å²) in [6.07, 6.45) is -1.07. The molecule has 0 aliphatic carbocycles. The fraction of sp³-hybridized carbons (Fsp3) is 0.261. The minimum absolute atomic E-state index is 0.0976. The molecule has 10 heteroatoms. The highest BCUT2D eigenvalue weighted by atomic mass is 16.6. The summed E-state index contributed by atoms with van der Waals surface area (Å²) < 4.78 is 5.78. The van der Waals surface area contributed by atoms with Crippen LogP contribution in [0.3, 0.4) is 0 Å². The number of aliphatic hydroxyl groups is 1. The van der Waals surface area contributed by atoms with Gasteiger partial charge in [0.15, 0.2) is 0 Å². The predicted molar refractivity (Wildman–Crippen MR) is 121 cm³/mol. The van der Waals surface area contributed by atoms with Crippen molar-refractivity contribution >= 4 is 28.1 Å². The third-order valence-electron chi connectivity index (χ3n) is 5.04. The van der Waals surface area contributed by atoms with Crippen LogP contribution in [-0.4, -0.2) is 51.1 Å². The first kappa shape index (κ1) is 23.6. The van der Waals surface area contributed by atoms with Crippen LogP contribution in [0.4, 0.5) is 11.4 Å². The summed E-state index contributed by atoms with van der Waals surface area (Å²) in [5, 5.41) is 34.7. The zero-order valence-corrected chi connectivity index (χ0v) is 18.1. The average molecular weight is 453 g/mol. The molecule has 3 aromatic rings. The molecule has 10 nitrogen and oxygen atoms in total. The van der Waals surface area contributed by atoms with Gasteiger partial charge in [0.05, 0.1) is 28.0 Å². The molecule has 1 amide bonds. The van der Waals surface area contributed by atoms with Crippen molar-refractivity contribution in [1.82, 2.24) is 4.90 Å². The van der Waals surface area contributed by atoms with E-state index in [9.17, 15) is 30.1 Å². The van der Waals surface area contributed by atoms with E-state index in [1.807, 2.05) is 36.4 Å². The lowest BCUT2D eigenvalue weighted by Gasteiger charge is -2.29. The third-order valence-corrected chi connectivity index (χ3v) is 5.04. The molecule has 0 saturated carbocycles. The third kappa shape index (κ3) is 5.60. The molecular formula is C23H23N3O7. The molecular weight excluding hydrogens is 430 g/mol. The van der Waals surface area contributed by atoms with Gasteiger partial charge in [0, 0.05) is 23.6 Å². The number of hydrogen-bond donors (Lipinski definition) is 1. The number of rotatable bonds is 9. The smallest absolute Gasteiger partial charge is 0.277 e. The lowest BCUT2D eigenvalue weighted by molar-refractivity contribution is -0.394. The van der Waals surface area contributed by atoms with E-state index in [0.717, 1.165) is 29.0 Å². The number of carbonyl (C=O) groups excluding carboxylic acids is 1. The molecule has 3 aromatic carbocycles. The van der Waals surface area contributed by atoms with Gasteiger partial charge >= 0.3 is 0 Å². The summed E-state index contributed by atoms with van der Waals surface area (Å²) in [7, 11) is 0. The summed E-state index contributed by atoms with van der Waals surface area (Å²) in [5.41, 5.74) is -1.32. The number of nitro benzene ring substituents is 2. The van der Waals surface area contributed by atoms with Gasteiger partial charge in [0.2, 0.25) is 0 Å². The maximum atomic E-state index is 13.0. The van der Waals surface area contributed by atoms with Crippen LogP contribution in [-0.2, 0) is 0 Å². The Bertz CT molecular complexity index is 1160. The minimum Gasteiger partial charge on any atom is -0.490 e. The number of ether oxygens (including phenoxy) is 1. The zero-order valence-electron chi connectivity index (χ0n) is 18.1. The van der Waals surface area contributed by atoms with E-state index >= 15 is 0 Å². The average Bonchev–Trinajstić information content (AvgIpc) is 2.80. The van der Waals surface area contributed by atoms with Gasteiger partial charge in [0.1, 0.15) is 18.5 Å².